The zero-order chi connectivity index (χ0) is 8.48. The summed E-state index contributed by atoms with van der Waals surface area (Å²) in [5, 5.41) is 8.81. The molecule has 0 spiro atoms. The van der Waals surface area contributed by atoms with Crippen molar-refractivity contribution in [2.45, 2.75) is 40.0 Å². The Morgan fingerprint density at radius 1 is 1.45 bits per heavy atom. The van der Waals surface area contributed by atoms with Crippen LogP contribution in [0.2, 0.25) is 0 Å². The summed E-state index contributed by atoms with van der Waals surface area (Å²) in [7, 11) is 0. The molecule has 0 aromatic rings. The standard InChI is InChI=1S/C10H20O/c1-8-9(5-7-11)4-6-10(8,2)3/h8-9,11H,4-7H2,1-3H3/t8-,9+/m0/s1. The van der Waals surface area contributed by atoms with E-state index in [1.165, 1.54) is 12.8 Å². The molecule has 66 valence electrons. The molecule has 0 aliphatic heterocycles. The van der Waals surface area contributed by atoms with Gasteiger partial charge in [-0.2, -0.15) is 0 Å². The van der Waals surface area contributed by atoms with Crippen molar-refractivity contribution in [1.82, 2.24) is 0 Å². The predicted molar refractivity (Wildman–Crippen MR) is 47.4 cm³/mol. The summed E-state index contributed by atoms with van der Waals surface area (Å²) in [6.45, 7) is 7.38. The van der Waals surface area contributed by atoms with E-state index in [2.05, 4.69) is 20.8 Å². The van der Waals surface area contributed by atoms with Crippen LogP contribution in [-0.2, 0) is 0 Å². The summed E-state index contributed by atoms with van der Waals surface area (Å²) in [6.07, 6.45) is 3.65. The van der Waals surface area contributed by atoms with Crippen molar-refractivity contribution >= 4 is 0 Å². The van der Waals surface area contributed by atoms with Gasteiger partial charge in [-0.15, -0.1) is 0 Å². The fraction of sp³-hybridized carbons (Fsp3) is 1.00. The molecule has 2 atom stereocenters. The Bertz CT molecular complexity index is 129. The number of rotatable bonds is 2. The average Bonchev–Trinajstić information content (AvgIpc) is 2.17. The van der Waals surface area contributed by atoms with Crippen molar-refractivity contribution < 1.29 is 5.11 Å². The van der Waals surface area contributed by atoms with Crippen LogP contribution in [0.1, 0.15) is 40.0 Å². The highest BCUT2D eigenvalue weighted by Crippen LogP contribution is 2.47. The average molecular weight is 156 g/mol. The fourth-order valence-corrected chi connectivity index (χ4v) is 2.23. The van der Waals surface area contributed by atoms with Gasteiger partial charge in [0.1, 0.15) is 0 Å². The first-order chi connectivity index (χ1) is 5.08. The lowest BCUT2D eigenvalue weighted by molar-refractivity contribution is 0.196. The van der Waals surface area contributed by atoms with Crippen LogP contribution in [0.25, 0.3) is 0 Å². The minimum absolute atomic E-state index is 0.366. The monoisotopic (exact) mass is 156 g/mol. The topological polar surface area (TPSA) is 20.2 Å². The minimum Gasteiger partial charge on any atom is -0.396 e. The fourth-order valence-electron chi connectivity index (χ4n) is 2.23. The van der Waals surface area contributed by atoms with Crippen molar-refractivity contribution in [3.63, 3.8) is 0 Å². The second-order valence-corrected chi connectivity index (χ2v) is 4.59. The molecule has 0 heterocycles. The van der Waals surface area contributed by atoms with E-state index in [-0.39, 0.29) is 0 Å². The van der Waals surface area contributed by atoms with Crippen LogP contribution in [0, 0.1) is 17.3 Å². The number of aliphatic hydroxyl groups excluding tert-OH is 1. The van der Waals surface area contributed by atoms with Gasteiger partial charge in [-0.05, 0) is 36.5 Å². The van der Waals surface area contributed by atoms with Crippen LogP contribution < -0.4 is 0 Å². The molecule has 0 radical (unpaired) electrons. The van der Waals surface area contributed by atoms with Gasteiger partial charge in [-0.25, -0.2) is 0 Å². The highest BCUT2D eigenvalue weighted by atomic mass is 16.3. The third kappa shape index (κ3) is 1.76. The second kappa shape index (κ2) is 3.14. The van der Waals surface area contributed by atoms with E-state index in [9.17, 15) is 0 Å². The van der Waals surface area contributed by atoms with Crippen LogP contribution >= 0.6 is 0 Å². The van der Waals surface area contributed by atoms with Gasteiger partial charge in [-0.1, -0.05) is 20.8 Å². The molecule has 11 heavy (non-hydrogen) atoms. The van der Waals surface area contributed by atoms with Gasteiger partial charge in [0.2, 0.25) is 0 Å². The number of aliphatic hydroxyl groups is 1. The lowest BCUT2D eigenvalue weighted by atomic mass is 9.79. The van der Waals surface area contributed by atoms with Gasteiger partial charge in [0.15, 0.2) is 0 Å². The van der Waals surface area contributed by atoms with Crippen LogP contribution in [-0.4, -0.2) is 11.7 Å². The molecule has 0 amide bonds. The quantitative estimate of drug-likeness (QED) is 0.651. The SMILES string of the molecule is C[C@H]1[C@@H](CCO)CCC1(C)C. The van der Waals surface area contributed by atoms with E-state index < -0.39 is 0 Å². The van der Waals surface area contributed by atoms with Crippen LogP contribution in [0.15, 0.2) is 0 Å². The van der Waals surface area contributed by atoms with Crippen molar-refractivity contribution in [2.75, 3.05) is 6.61 Å². The molecule has 1 aliphatic carbocycles. The summed E-state index contributed by atoms with van der Waals surface area (Å²) in [5.41, 5.74) is 0.514. The maximum atomic E-state index is 8.81. The van der Waals surface area contributed by atoms with E-state index in [4.69, 9.17) is 5.11 Å². The molecular formula is C10H20O. The van der Waals surface area contributed by atoms with E-state index in [1.54, 1.807) is 0 Å². The summed E-state index contributed by atoms with van der Waals surface area (Å²) in [4.78, 5) is 0. The smallest absolute Gasteiger partial charge is 0.0433 e. The number of hydrogen-bond donors (Lipinski definition) is 1. The van der Waals surface area contributed by atoms with E-state index >= 15 is 0 Å². The van der Waals surface area contributed by atoms with Gasteiger partial charge in [0, 0.05) is 6.61 Å². The highest BCUT2D eigenvalue weighted by molar-refractivity contribution is 4.87. The summed E-state index contributed by atoms with van der Waals surface area (Å²) < 4.78 is 0. The lowest BCUT2D eigenvalue weighted by Gasteiger charge is -2.26. The number of hydrogen-bond acceptors (Lipinski definition) is 1. The molecule has 1 N–H and O–H groups in total. The third-order valence-electron chi connectivity index (χ3n) is 3.60. The van der Waals surface area contributed by atoms with E-state index in [1.807, 2.05) is 0 Å². The molecule has 1 aliphatic rings. The van der Waals surface area contributed by atoms with Crippen LogP contribution in [0.3, 0.4) is 0 Å². The Kier molecular flexibility index (Phi) is 2.58. The van der Waals surface area contributed by atoms with Crippen LogP contribution in [0.5, 0.6) is 0 Å². The molecule has 0 aromatic heterocycles. The van der Waals surface area contributed by atoms with Crippen molar-refractivity contribution in [2.24, 2.45) is 17.3 Å². The summed E-state index contributed by atoms with van der Waals surface area (Å²) in [5.74, 6) is 1.56. The summed E-state index contributed by atoms with van der Waals surface area (Å²) >= 11 is 0. The van der Waals surface area contributed by atoms with Gasteiger partial charge >= 0.3 is 0 Å². The lowest BCUT2D eigenvalue weighted by Crippen LogP contribution is -2.19. The largest absolute Gasteiger partial charge is 0.396 e. The highest BCUT2D eigenvalue weighted by Gasteiger charge is 2.37. The van der Waals surface area contributed by atoms with Gasteiger partial charge in [0.05, 0.1) is 0 Å². The first-order valence-electron chi connectivity index (χ1n) is 4.69. The second-order valence-electron chi connectivity index (χ2n) is 4.59. The maximum absolute atomic E-state index is 8.81. The first kappa shape index (κ1) is 9.05. The van der Waals surface area contributed by atoms with Crippen molar-refractivity contribution in [3.05, 3.63) is 0 Å². The molecule has 1 fully saturated rings. The Hall–Kier alpha value is -0.0400. The van der Waals surface area contributed by atoms with Gasteiger partial charge < -0.3 is 5.11 Å². The van der Waals surface area contributed by atoms with Gasteiger partial charge in [0.25, 0.3) is 0 Å². The first-order valence-corrected chi connectivity index (χ1v) is 4.69. The molecule has 1 nitrogen and oxygen atoms in total. The molecule has 0 bridgehead atoms. The predicted octanol–water partition coefficient (Wildman–Crippen LogP) is 2.44. The normalized spacial score (nSPS) is 36.0. The maximum Gasteiger partial charge on any atom is 0.0433 e. The molecular weight excluding hydrogens is 136 g/mol. The molecule has 0 saturated heterocycles. The van der Waals surface area contributed by atoms with Crippen LogP contribution in [0.4, 0.5) is 0 Å². The molecule has 0 aromatic carbocycles. The summed E-state index contributed by atoms with van der Waals surface area (Å²) in [6, 6.07) is 0. The molecule has 1 rings (SSSR count). The zero-order valence-corrected chi connectivity index (χ0v) is 7.93. The Morgan fingerprint density at radius 3 is 2.45 bits per heavy atom. The van der Waals surface area contributed by atoms with Crippen molar-refractivity contribution in [3.8, 4) is 0 Å². The molecule has 1 heteroatoms. The van der Waals surface area contributed by atoms with E-state index in [0.29, 0.717) is 12.0 Å². The van der Waals surface area contributed by atoms with Crippen molar-refractivity contribution in [1.29, 1.82) is 0 Å². The molecule has 0 unspecified atom stereocenters. The minimum atomic E-state index is 0.366. The molecule has 1 saturated carbocycles. The van der Waals surface area contributed by atoms with E-state index in [0.717, 1.165) is 18.3 Å². The zero-order valence-electron chi connectivity index (χ0n) is 7.93. The van der Waals surface area contributed by atoms with Gasteiger partial charge in [-0.3, -0.25) is 0 Å². The Labute approximate surface area is 69.8 Å². The Balaban J connectivity index is 2.49. The Morgan fingerprint density at radius 2 is 2.09 bits per heavy atom. The third-order valence-corrected chi connectivity index (χ3v) is 3.60.